The summed E-state index contributed by atoms with van der Waals surface area (Å²) in [4.78, 5) is 12.2. The lowest BCUT2D eigenvalue weighted by Gasteiger charge is -2.02. The maximum atomic E-state index is 11.1. The first-order chi connectivity index (χ1) is 9.24. The Morgan fingerprint density at radius 1 is 1.16 bits per heavy atom. The van der Waals surface area contributed by atoms with Crippen LogP contribution in [-0.2, 0) is 5.75 Å². The predicted octanol–water partition coefficient (Wildman–Crippen LogP) is 4.07. The van der Waals surface area contributed by atoms with Crippen LogP contribution in [0, 0.1) is 0 Å². The van der Waals surface area contributed by atoms with Gasteiger partial charge in [-0.1, -0.05) is 41.9 Å². The summed E-state index contributed by atoms with van der Waals surface area (Å²) in [6.07, 6.45) is 0. The number of hydrogen-bond donors (Lipinski definition) is 1. The number of thioether (sulfide) groups is 1. The number of rotatable bonds is 3. The summed E-state index contributed by atoms with van der Waals surface area (Å²) in [6.45, 7) is 0. The van der Waals surface area contributed by atoms with Gasteiger partial charge in [0.15, 0.2) is 10.8 Å². The third kappa shape index (κ3) is 2.55. The van der Waals surface area contributed by atoms with Crippen LogP contribution in [0.25, 0.3) is 10.8 Å². The second-order valence-electron chi connectivity index (χ2n) is 4.07. The molecule has 19 heavy (non-hydrogen) atoms. The van der Waals surface area contributed by atoms with E-state index in [-0.39, 0.29) is 10.6 Å². The molecule has 0 spiro atoms. The summed E-state index contributed by atoms with van der Waals surface area (Å²) < 4.78 is 5.01. The first-order valence-electron chi connectivity index (χ1n) is 5.71. The zero-order valence-electron chi connectivity index (χ0n) is 9.85. The molecule has 0 bridgehead atoms. The van der Waals surface area contributed by atoms with Crippen molar-refractivity contribution in [3.05, 3.63) is 63.6 Å². The monoisotopic (exact) mass is 291 g/mol. The maximum absolute atomic E-state index is 11.1. The van der Waals surface area contributed by atoms with Gasteiger partial charge in [0.25, 0.3) is 5.56 Å². The molecule has 0 aliphatic carbocycles. The zero-order valence-corrected chi connectivity index (χ0v) is 11.4. The number of aromatic amines is 1. The Morgan fingerprint density at radius 3 is 2.68 bits per heavy atom. The second-order valence-corrected chi connectivity index (χ2v) is 5.49. The average Bonchev–Trinajstić information content (AvgIpc) is 2.76. The number of H-pyrrole nitrogens is 1. The van der Waals surface area contributed by atoms with Crippen molar-refractivity contribution in [2.45, 2.75) is 10.6 Å². The molecule has 1 aromatic heterocycles. The van der Waals surface area contributed by atoms with Crippen molar-refractivity contribution in [1.82, 2.24) is 5.16 Å². The van der Waals surface area contributed by atoms with Crippen LogP contribution < -0.4 is 5.56 Å². The topological polar surface area (TPSA) is 46.0 Å². The normalized spacial score (nSPS) is 11.0. The van der Waals surface area contributed by atoms with Crippen LogP contribution >= 0.6 is 23.4 Å². The lowest BCUT2D eigenvalue weighted by Crippen LogP contribution is -1.96. The highest BCUT2D eigenvalue weighted by atomic mass is 35.5. The minimum absolute atomic E-state index is 0.133. The van der Waals surface area contributed by atoms with Gasteiger partial charge in [0.2, 0.25) is 0 Å². The third-order valence-corrected chi connectivity index (χ3v) is 4.18. The number of hydrogen-bond acceptors (Lipinski definition) is 3. The minimum atomic E-state index is -0.379. The summed E-state index contributed by atoms with van der Waals surface area (Å²) in [6, 6.07) is 14.4. The standard InChI is InChI=1S/C14H10ClNO2S/c15-13-12(18-16-14(13)17)8-19-11-6-5-9-3-1-2-4-10(9)7-11/h1-7H,8H2,(H,16,17). The molecule has 0 saturated heterocycles. The fourth-order valence-electron chi connectivity index (χ4n) is 1.82. The quantitative estimate of drug-likeness (QED) is 0.740. The molecule has 0 fully saturated rings. The highest BCUT2D eigenvalue weighted by molar-refractivity contribution is 7.98. The number of benzene rings is 2. The minimum Gasteiger partial charge on any atom is -0.381 e. The molecule has 3 nitrogen and oxygen atoms in total. The zero-order chi connectivity index (χ0) is 13.2. The number of nitrogens with one attached hydrogen (secondary N) is 1. The van der Waals surface area contributed by atoms with Crippen LogP contribution in [0.4, 0.5) is 0 Å². The van der Waals surface area contributed by atoms with Gasteiger partial charge in [-0.2, -0.15) is 5.16 Å². The van der Waals surface area contributed by atoms with Crippen LogP contribution in [0.3, 0.4) is 0 Å². The third-order valence-electron chi connectivity index (χ3n) is 2.80. The van der Waals surface area contributed by atoms with Gasteiger partial charge in [-0.25, -0.2) is 0 Å². The summed E-state index contributed by atoms with van der Waals surface area (Å²) >= 11 is 7.40. The van der Waals surface area contributed by atoms with E-state index >= 15 is 0 Å². The SMILES string of the molecule is O=c1[nH]oc(CSc2ccc3ccccc3c2)c1Cl. The van der Waals surface area contributed by atoms with Gasteiger partial charge in [0.05, 0.1) is 5.75 Å². The van der Waals surface area contributed by atoms with E-state index in [0.717, 1.165) is 4.90 Å². The van der Waals surface area contributed by atoms with Gasteiger partial charge in [-0.05, 0) is 22.9 Å². The Kier molecular flexibility index (Phi) is 3.36. The Balaban J connectivity index is 1.82. The maximum Gasteiger partial charge on any atom is 0.298 e. The van der Waals surface area contributed by atoms with E-state index in [9.17, 15) is 4.79 Å². The van der Waals surface area contributed by atoms with E-state index in [2.05, 4.69) is 29.4 Å². The molecule has 2 aromatic carbocycles. The Labute approximate surface area is 118 Å². The van der Waals surface area contributed by atoms with Crippen molar-refractivity contribution >= 4 is 34.1 Å². The average molecular weight is 292 g/mol. The van der Waals surface area contributed by atoms with E-state index in [4.69, 9.17) is 16.1 Å². The van der Waals surface area contributed by atoms with Crippen LogP contribution in [0.2, 0.25) is 5.02 Å². The van der Waals surface area contributed by atoms with Gasteiger partial charge in [0.1, 0.15) is 0 Å². The van der Waals surface area contributed by atoms with Gasteiger partial charge in [0, 0.05) is 4.90 Å². The van der Waals surface area contributed by atoms with Crippen LogP contribution in [0.1, 0.15) is 5.76 Å². The van der Waals surface area contributed by atoms with E-state index in [1.807, 2.05) is 18.2 Å². The molecule has 0 radical (unpaired) electrons. The summed E-state index contributed by atoms with van der Waals surface area (Å²) in [5.41, 5.74) is -0.379. The van der Waals surface area contributed by atoms with Crippen LogP contribution in [-0.4, -0.2) is 5.16 Å². The molecular formula is C14H10ClNO2S. The summed E-state index contributed by atoms with van der Waals surface area (Å²) in [5.74, 6) is 1.00. The molecule has 0 aliphatic rings. The number of fused-ring (bicyclic) bond motifs is 1. The molecule has 0 saturated carbocycles. The highest BCUT2D eigenvalue weighted by Gasteiger charge is 2.10. The van der Waals surface area contributed by atoms with E-state index in [1.165, 1.54) is 10.8 Å². The van der Waals surface area contributed by atoms with Crippen molar-refractivity contribution in [2.24, 2.45) is 0 Å². The highest BCUT2D eigenvalue weighted by Crippen LogP contribution is 2.27. The molecule has 3 rings (SSSR count). The largest absolute Gasteiger partial charge is 0.381 e. The Hall–Kier alpha value is -1.65. The Bertz CT molecular complexity index is 778. The molecule has 96 valence electrons. The van der Waals surface area contributed by atoms with Crippen LogP contribution in [0.5, 0.6) is 0 Å². The first kappa shape index (κ1) is 12.4. The van der Waals surface area contributed by atoms with Gasteiger partial charge < -0.3 is 4.52 Å². The van der Waals surface area contributed by atoms with Gasteiger partial charge in [-0.15, -0.1) is 11.8 Å². The molecule has 1 heterocycles. The first-order valence-corrected chi connectivity index (χ1v) is 7.08. The van der Waals surface area contributed by atoms with Crippen molar-refractivity contribution in [2.75, 3.05) is 0 Å². The van der Waals surface area contributed by atoms with Crippen LogP contribution in [0.15, 0.2) is 56.7 Å². The van der Waals surface area contributed by atoms with E-state index in [1.54, 1.807) is 11.8 Å². The molecule has 5 heteroatoms. The van der Waals surface area contributed by atoms with Gasteiger partial charge >= 0.3 is 0 Å². The number of halogens is 1. The molecule has 3 aromatic rings. The van der Waals surface area contributed by atoms with Crippen molar-refractivity contribution in [3.8, 4) is 0 Å². The lowest BCUT2D eigenvalue weighted by molar-refractivity contribution is 0.390. The van der Waals surface area contributed by atoms with Crippen molar-refractivity contribution < 1.29 is 4.52 Å². The van der Waals surface area contributed by atoms with Crippen molar-refractivity contribution in [3.63, 3.8) is 0 Å². The fourth-order valence-corrected chi connectivity index (χ4v) is 2.92. The van der Waals surface area contributed by atoms with Gasteiger partial charge in [-0.3, -0.25) is 4.79 Å². The molecule has 1 N–H and O–H groups in total. The van der Waals surface area contributed by atoms with E-state index in [0.29, 0.717) is 11.5 Å². The lowest BCUT2D eigenvalue weighted by atomic mass is 10.1. The second kappa shape index (κ2) is 5.15. The summed E-state index contributed by atoms with van der Waals surface area (Å²) in [5, 5.41) is 4.76. The molecular weight excluding hydrogens is 282 g/mol. The van der Waals surface area contributed by atoms with Crippen molar-refractivity contribution in [1.29, 1.82) is 0 Å². The smallest absolute Gasteiger partial charge is 0.298 e. The Morgan fingerprint density at radius 2 is 1.95 bits per heavy atom. The molecule has 0 aliphatic heterocycles. The fraction of sp³-hybridized carbons (Fsp3) is 0.0714. The molecule has 0 amide bonds. The molecule has 0 atom stereocenters. The number of aromatic nitrogens is 1. The predicted molar refractivity (Wildman–Crippen MR) is 77.8 cm³/mol. The van der Waals surface area contributed by atoms with E-state index < -0.39 is 0 Å². The summed E-state index contributed by atoms with van der Waals surface area (Å²) in [7, 11) is 0. The molecule has 0 unspecified atom stereocenters.